The van der Waals surface area contributed by atoms with E-state index in [2.05, 4.69) is 6.58 Å². The molecule has 0 aliphatic carbocycles. The summed E-state index contributed by atoms with van der Waals surface area (Å²) in [7, 11) is 0. The van der Waals surface area contributed by atoms with Crippen LogP contribution in [0.3, 0.4) is 0 Å². The van der Waals surface area contributed by atoms with Crippen LogP contribution in [0.2, 0.25) is 0 Å². The Labute approximate surface area is 94.8 Å². The van der Waals surface area contributed by atoms with Crippen molar-refractivity contribution < 1.29 is 4.79 Å². The number of carbonyl (C=O) groups is 1. The van der Waals surface area contributed by atoms with E-state index in [4.69, 9.17) is 0 Å². The zero-order valence-electron chi connectivity index (χ0n) is 9.18. The van der Waals surface area contributed by atoms with E-state index in [0.29, 0.717) is 0 Å². The lowest BCUT2D eigenvalue weighted by atomic mass is 10.1. The Kier molecular flexibility index (Phi) is 2.73. The van der Waals surface area contributed by atoms with Gasteiger partial charge in [-0.1, -0.05) is 36.9 Å². The van der Waals surface area contributed by atoms with E-state index >= 15 is 0 Å². The second-order valence-electron chi connectivity index (χ2n) is 3.60. The van der Waals surface area contributed by atoms with Crippen LogP contribution < -0.4 is 4.90 Å². The third kappa shape index (κ3) is 1.82. The third-order valence-electron chi connectivity index (χ3n) is 2.53. The molecule has 0 saturated carbocycles. The lowest BCUT2D eigenvalue weighted by molar-refractivity contribution is -0.115. The summed E-state index contributed by atoms with van der Waals surface area (Å²) in [5.41, 5.74) is 0.848. The Balaban J connectivity index is 2.53. The van der Waals surface area contributed by atoms with Crippen LogP contribution in [0.25, 0.3) is 10.8 Å². The summed E-state index contributed by atoms with van der Waals surface area (Å²) in [5.74, 6) is -0.0368. The number of hydrogen-bond acceptors (Lipinski definition) is 1. The van der Waals surface area contributed by atoms with Crippen molar-refractivity contribution in [2.45, 2.75) is 6.92 Å². The molecule has 0 aliphatic heterocycles. The molecule has 0 fully saturated rings. The standard InChI is InChI=1S/C14H13NO/c1-3-15(11(2)16)14-9-8-12-6-4-5-7-13(12)10-14/h3-10H,1H2,2H3. The van der Waals surface area contributed by atoms with Crippen molar-refractivity contribution in [3.8, 4) is 0 Å². The largest absolute Gasteiger partial charge is 0.289 e. The molecule has 1 amide bonds. The fourth-order valence-electron chi connectivity index (χ4n) is 1.74. The molecule has 2 nitrogen and oxygen atoms in total. The van der Waals surface area contributed by atoms with Gasteiger partial charge < -0.3 is 0 Å². The molecule has 2 aromatic rings. The number of nitrogens with zero attached hydrogens (tertiary/aromatic N) is 1. The summed E-state index contributed by atoms with van der Waals surface area (Å²) < 4.78 is 0. The van der Waals surface area contributed by atoms with Gasteiger partial charge in [-0.2, -0.15) is 0 Å². The van der Waals surface area contributed by atoms with E-state index in [1.165, 1.54) is 23.4 Å². The molecule has 0 unspecified atom stereocenters. The molecule has 0 heterocycles. The Hall–Kier alpha value is -2.09. The van der Waals surface area contributed by atoms with E-state index in [1.54, 1.807) is 0 Å². The monoisotopic (exact) mass is 211 g/mol. The predicted octanol–water partition coefficient (Wildman–Crippen LogP) is 3.34. The van der Waals surface area contributed by atoms with Crippen LogP contribution in [-0.4, -0.2) is 5.91 Å². The molecule has 0 aliphatic rings. The van der Waals surface area contributed by atoms with Crippen LogP contribution in [0.5, 0.6) is 0 Å². The van der Waals surface area contributed by atoms with Crippen LogP contribution >= 0.6 is 0 Å². The van der Waals surface area contributed by atoms with Crippen LogP contribution in [-0.2, 0) is 4.79 Å². The van der Waals surface area contributed by atoms with Crippen molar-refractivity contribution in [2.75, 3.05) is 4.90 Å². The summed E-state index contributed by atoms with van der Waals surface area (Å²) in [6, 6.07) is 14.0. The number of carbonyl (C=O) groups excluding carboxylic acids is 1. The van der Waals surface area contributed by atoms with Crippen LogP contribution in [0, 0.1) is 0 Å². The van der Waals surface area contributed by atoms with E-state index in [-0.39, 0.29) is 5.91 Å². The van der Waals surface area contributed by atoms with Crippen molar-refractivity contribution in [2.24, 2.45) is 0 Å². The van der Waals surface area contributed by atoms with Gasteiger partial charge in [0.2, 0.25) is 5.91 Å². The highest BCUT2D eigenvalue weighted by Crippen LogP contribution is 2.22. The average Bonchev–Trinajstić information content (AvgIpc) is 2.29. The SMILES string of the molecule is C=CN(C(C)=O)c1ccc2ccccc2c1. The first-order chi connectivity index (χ1) is 7.72. The molecule has 0 radical (unpaired) electrons. The van der Waals surface area contributed by atoms with Crippen LogP contribution in [0.1, 0.15) is 6.92 Å². The quantitative estimate of drug-likeness (QED) is 0.746. The fourth-order valence-corrected chi connectivity index (χ4v) is 1.74. The maximum atomic E-state index is 11.4. The highest BCUT2D eigenvalue weighted by atomic mass is 16.2. The van der Waals surface area contributed by atoms with Gasteiger partial charge in [-0.25, -0.2) is 0 Å². The first kappa shape index (κ1) is 10.4. The molecule has 0 atom stereocenters. The predicted molar refractivity (Wildman–Crippen MR) is 67.3 cm³/mol. The van der Waals surface area contributed by atoms with Crippen LogP contribution in [0.4, 0.5) is 5.69 Å². The first-order valence-electron chi connectivity index (χ1n) is 5.13. The topological polar surface area (TPSA) is 20.3 Å². The molecular weight excluding hydrogens is 198 g/mol. The Morgan fingerprint density at radius 3 is 2.50 bits per heavy atom. The molecule has 80 valence electrons. The van der Waals surface area contributed by atoms with Gasteiger partial charge in [0, 0.05) is 18.8 Å². The average molecular weight is 211 g/mol. The number of amides is 1. The van der Waals surface area contributed by atoms with Crippen molar-refractivity contribution in [1.82, 2.24) is 0 Å². The molecule has 0 N–H and O–H groups in total. The van der Waals surface area contributed by atoms with Gasteiger partial charge in [-0.05, 0) is 22.9 Å². The number of hydrogen-bond donors (Lipinski definition) is 0. The minimum atomic E-state index is -0.0368. The maximum absolute atomic E-state index is 11.4. The van der Waals surface area contributed by atoms with Gasteiger partial charge >= 0.3 is 0 Å². The second kappa shape index (κ2) is 4.19. The minimum Gasteiger partial charge on any atom is -0.289 e. The summed E-state index contributed by atoms with van der Waals surface area (Å²) in [4.78, 5) is 12.9. The van der Waals surface area contributed by atoms with Gasteiger partial charge in [0.05, 0.1) is 0 Å². The lowest BCUT2D eigenvalue weighted by Gasteiger charge is -2.16. The smallest absolute Gasteiger partial charge is 0.227 e. The number of benzene rings is 2. The van der Waals surface area contributed by atoms with Crippen molar-refractivity contribution in [1.29, 1.82) is 0 Å². The summed E-state index contributed by atoms with van der Waals surface area (Å²) in [5, 5.41) is 2.28. The molecule has 0 spiro atoms. The molecule has 0 saturated heterocycles. The van der Waals surface area contributed by atoms with E-state index in [9.17, 15) is 4.79 Å². The minimum absolute atomic E-state index is 0.0368. The Morgan fingerprint density at radius 1 is 1.19 bits per heavy atom. The molecule has 2 heteroatoms. The van der Waals surface area contributed by atoms with Crippen molar-refractivity contribution >= 4 is 22.4 Å². The number of anilines is 1. The van der Waals surface area contributed by atoms with E-state index in [1.807, 2.05) is 42.5 Å². The van der Waals surface area contributed by atoms with E-state index < -0.39 is 0 Å². The van der Waals surface area contributed by atoms with Crippen molar-refractivity contribution in [3.05, 3.63) is 55.2 Å². The van der Waals surface area contributed by atoms with Gasteiger partial charge in [-0.15, -0.1) is 0 Å². The Morgan fingerprint density at radius 2 is 1.88 bits per heavy atom. The molecule has 16 heavy (non-hydrogen) atoms. The Bertz CT molecular complexity index is 545. The zero-order valence-corrected chi connectivity index (χ0v) is 9.18. The van der Waals surface area contributed by atoms with Gasteiger partial charge in [-0.3, -0.25) is 9.69 Å². The van der Waals surface area contributed by atoms with Gasteiger partial charge in [0.15, 0.2) is 0 Å². The fraction of sp³-hybridized carbons (Fsp3) is 0.0714. The molecule has 0 bridgehead atoms. The summed E-state index contributed by atoms with van der Waals surface area (Å²) in [6.45, 7) is 5.17. The normalized spacial score (nSPS) is 10.1. The summed E-state index contributed by atoms with van der Waals surface area (Å²) >= 11 is 0. The number of fused-ring (bicyclic) bond motifs is 1. The first-order valence-corrected chi connectivity index (χ1v) is 5.13. The molecule has 0 aromatic heterocycles. The lowest BCUT2D eigenvalue weighted by Crippen LogP contribution is -2.21. The highest BCUT2D eigenvalue weighted by molar-refractivity contribution is 5.96. The highest BCUT2D eigenvalue weighted by Gasteiger charge is 2.07. The maximum Gasteiger partial charge on any atom is 0.227 e. The second-order valence-corrected chi connectivity index (χ2v) is 3.60. The van der Waals surface area contributed by atoms with Crippen molar-refractivity contribution in [3.63, 3.8) is 0 Å². The molecular formula is C14H13NO. The van der Waals surface area contributed by atoms with Gasteiger partial charge in [0.25, 0.3) is 0 Å². The third-order valence-corrected chi connectivity index (χ3v) is 2.53. The summed E-state index contributed by atoms with van der Waals surface area (Å²) in [6.07, 6.45) is 1.53. The number of rotatable bonds is 2. The van der Waals surface area contributed by atoms with Crippen LogP contribution in [0.15, 0.2) is 55.2 Å². The molecule has 2 rings (SSSR count). The van der Waals surface area contributed by atoms with Gasteiger partial charge in [0.1, 0.15) is 0 Å². The van der Waals surface area contributed by atoms with E-state index in [0.717, 1.165) is 11.1 Å². The zero-order chi connectivity index (χ0) is 11.5. The molecule has 2 aromatic carbocycles.